The highest BCUT2D eigenvalue weighted by molar-refractivity contribution is 5.76. The summed E-state index contributed by atoms with van der Waals surface area (Å²) in [6.45, 7) is 4.21. The number of aromatic nitrogens is 2. The molecule has 1 fully saturated rings. The zero-order valence-corrected chi connectivity index (χ0v) is 15.9. The lowest BCUT2D eigenvalue weighted by molar-refractivity contribution is -0.122. The van der Waals surface area contributed by atoms with Crippen molar-refractivity contribution in [2.45, 2.75) is 51.6 Å². The number of nitrogens with one attached hydrogen (secondary N) is 1. The number of unbranched alkanes of at least 4 members (excludes halogenated alkanes) is 1. The fraction of sp³-hybridized carbons (Fsp3) is 0.476. The summed E-state index contributed by atoms with van der Waals surface area (Å²) >= 11 is 0. The minimum atomic E-state index is -0.0913. The first-order valence-electron chi connectivity index (χ1n) is 9.81. The molecule has 0 saturated carbocycles. The highest BCUT2D eigenvalue weighted by Crippen LogP contribution is 2.18. The van der Waals surface area contributed by atoms with Crippen molar-refractivity contribution in [3.63, 3.8) is 0 Å². The van der Waals surface area contributed by atoms with Gasteiger partial charge in [-0.25, -0.2) is 4.68 Å². The molecule has 1 aliphatic heterocycles. The van der Waals surface area contributed by atoms with Gasteiger partial charge in [-0.1, -0.05) is 43.7 Å². The van der Waals surface area contributed by atoms with Crippen molar-refractivity contribution in [3.8, 4) is 0 Å². The smallest absolute Gasteiger partial charge is 0.269 e. The number of carbonyl (C=O) groups is 1. The van der Waals surface area contributed by atoms with Crippen LogP contribution >= 0.6 is 0 Å². The maximum atomic E-state index is 12.4. The van der Waals surface area contributed by atoms with Crippen LogP contribution in [-0.4, -0.2) is 34.8 Å². The van der Waals surface area contributed by atoms with E-state index in [0.29, 0.717) is 13.0 Å². The Bertz CT molecular complexity index is 795. The minimum Gasteiger partial charge on any atom is -0.370 e. The molecule has 2 aromatic rings. The Kier molecular flexibility index (Phi) is 6.63. The molecule has 0 atom stereocenters. The van der Waals surface area contributed by atoms with Gasteiger partial charge in [-0.2, -0.15) is 5.10 Å². The summed E-state index contributed by atoms with van der Waals surface area (Å²) in [6.07, 6.45) is 6.14. The zero-order valence-electron chi connectivity index (χ0n) is 15.9. The highest BCUT2D eigenvalue weighted by Gasteiger charge is 2.21. The van der Waals surface area contributed by atoms with Gasteiger partial charge in [0.05, 0.1) is 18.4 Å². The zero-order chi connectivity index (χ0) is 19.1. The normalized spacial score (nSPS) is 14.9. The second-order valence-corrected chi connectivity index (χ2v) is 7.13. The van der Waals surface area contributed by atoms with E-state index in [1.807, 2.05) is 30.3 Å². The van der Waals surface area contributed by atoms with Crippen molar-refractivity contribution in [1.82, 2.24) is 15.1 Å². The molecule has 6 heteroatoms. The van der Waals surface area contributed by atoms with Crippen molar-refractivity contribution in [3.05, 3.63) is 58.5 Å². The molecule has 0 spiro atoms. The summed E-state index contributed by atoms with van der Waals surface area (Å²) in [5.74, 6) is 0.153. The number of nitrogens with zero attached hydrogens (tertiary/aromatic N) is 3. The molecule has 1 saturated heterocycles. The number of carbonyl (C=O) groups excluding carboxylic acids is 1. The Morgan fingerprint density at radius 1 is 1.22 bits per heavy atom. The van der Waals surface area contributed by atoms with Crippen LogP contribution in [0.5, 0.6) is 0 Å². The van der Waals surface area contributed by atoms with E-state index in [4.69, 9.17) is 0 Å². The Balaban J connectivity index is 1.55. The van der Waals surface area contributed by atoms with Crippen LogP contribution in [0.3, 0.4) is 0 Å². The maximum absolute atomic E-state index is 12.4. The summed E-state index contributed by atoms with van der Waals surface area (Å²) in [5.41, 5.74) is 1.82. The first kappa shape index (κ1) is 19.1. The lowest BCUT2D eigenvalue weighted by atomic mass is 10.0. The van der Waals surface area contributed by atoms with Gasteiger partial charge in [0, 0.05) is 31.6 Å². The van der Waals surface area contributed by atoms with Crippen molar-refractivity contribution in [2.75, 3.05) is 18.0 Å². The topological polar surface area (TPSA) is 67.2 Å². The van der Waals surface area contributed by atoms with Crippen LogP contribution in [0.25, 0.3) is 0 Å². The summed E-state index contributed by atoms with van der Waals surface area (Å²) in [7, 11) is 0. The van der Waals surface area contributed by atoms with Crippen molar-refractivity contribution >= 4 is 11.6 Å². The van der Waals surface area contributed by atoms with Gasteiger partial charge in [0.2, 0.25) is 5.91 Å². The summed E-state index contributed by atoms with van der Waals surface area (Å²) < 4.78 is 1.49. The van der Waals surface area contributed by atoms with Crippen LogP contribution in [0.15, 0.2) is 47.4 Å². The molecule has 0 unspecified atom stereocenters. The largest absolute Gasteiger partial charge is 0.370 e. The molecule has 1 aromatic heterocycles. The molecule has 1 aromatic carbocycles. The maximum Gasteiger partial charge on any atom is 0.269 e. The number of benzene rings is 1. The van der Waals surface area contributed by atoms with Gasteiger partial charge < -0.3 is 10.2 Å². The summed E-state index contributed by atoms with van der Waals surface area (Å²) in [6, 6.07) is 11.7. The van der Waals surface area contributed by atoms with E-state index in [-0.39, 0.29) is 17.5 Å². The fourth-order valence-corrected chi connectivity index (χ4v) is 3.39. The third-order valence-electron chi connectivity index (χ3n) is 5.01. The molecule has 1 amide bonds. The van der Waals surface area contributed by atoms with Crippen LogP contribution < -0.4 is 15.8 Å². The van der Waals surface area contributed by atoms with Crippen molar-refractivity contribution in [2.24, 2.45) is 0 Å². The molecule has 6 nitrogen and oxygen atoms in total. The average molecular weight is 368 g/mol. The molecule has 1 aliphatic rings. The third-order valence-corrected chi connectivity index (χ3v) is 5.01. The molecule has 2 heterocycles. The predicted octanol–water partition coefficient (Wildman–Crippen LogP) is 2.57. The molecule has 1 N–H and O–H groups in total. The Labute approximate surface area is 160 Å². The van der Waals surface area contributed by atoms with E-state index in [1.165, 1.54) is 4.68 Å². The standard InChI is InChI=1S/C21H28N4O2/c1-2-3-9-20(26)23-18-10-12-24(13-11-18)19-14-21(27)25(22-15-19)16-17-7-5-4-6-8-17/h4-8,14-15,18H,2-3,9-13,16H2,1H3,(H,23,26). The fourth-order valence-electron chi connectivity index (χ4n) is 3.39. The molecule has 0 bridgehead atoms. The van der Waals surface area contributed by atoms with Crippen LogP contribution in [0.4, 0.5) is 5.69 Å². The summed E-state index contributed by atoms with van der Waals surface area (Å²) in [5, 5.41) is 7.47. The highest BCUT2D eigenvalue weighted by atomic mass is 16.1. The second-order valence-electron chi connectivity index (χ2n) is 7.13. The number of hydrogen-bond donors (Lipinski definition) is 1. The molecule has 3 rings (SSSR count). The first-order chi connectivity index (χ1) is 13.2. The van der Waals surface area contributed by atoms with E-state index in [9.17, 15) is 9.59 Å². The monoisotopic (exact) mass is 368 g/mol. The van der Waals surface area contributed by atoms with Crippen molar-refractivity contribution in [1.29, 1.82) is 0 Å². The SMILES string of the molecule is CCCCC(=O)NC1CCN(c2cnn(Cc3ccccc3)c(=O)c2)CC1. The second kappa shape index (κ2) is 9.35. The molecule has 0 aliphatic carbocycles. The Morgan fingerprint density at radius 3 is 2.63 bits per heavy atom. The van der Waals surface area contributed by atoms with E-state index in [0.717, 1.165) is 50.0 Å². The molecule has 0 radical (unpaired) electrons. The van der Waals surface area contributed by atoms with E-state index < -0.39 is 0 Å². The van der Waals surface area contributed by atoms with Gasteiger partial charge in [-0.15, -0.1) is 0 Å². The first-order valence-corrected chi connectivity index (χ1v) is 9.81. The number of anilines is 1. The lowest BCUT2D eigenvalue weighted by Crippen LogP contribution is -2.45. The molecule has 27 heavy (non-hydrogen) atoms. The average Bonchev–Trinajstić information content (AvgIpc) is 2.69. The number of rotatable bonds is 7. The number of amides is 1. The summed E-state index contributed by atoms with van der Waals surface area (Å²) in [4.78, 5) is 26.5. The van der Waals surface area contributed by atoms with Crippen LogP contribution in [0.1, 0.15) is 44.6 Å². The van der Waals surface area contributed by atoms with E-state index >= 15 is 0 Å². The van der Waals surface area contributed by atoms with E-state index in [1.54, 1.807) is 12.3 Å². The molecular formula is C21H28N4O2. The number of piperidine rings is 1. The van der Waals surface area contributed by atoms with Crippen molar-refractivity contribution < 1.29 is 4.79 Å². The van der Waals surface area contributed by atoms with Crippen LogP contribution in [0.2, 0.25) is 0 Å². The van der Waals surface area contributed by atoms with Gasteiger partial charge in [-0.3, -0.25) is 9.59 Å². The number of hydrogen-bond acceptors (Lipinski definition) is 4. The van der Waals surface area contributed by atoms with Crippen LogP contribution in [0, 0.1) is 0 Å². The lowest BCUT2D eigenvalue weighted by Gasteiger charge is -2.33. The van der Waals surface area contributed by atoms with Gasteiger partial charge in [-0.05, 0) is 24.8 Å². The minimum absolute atomic E-state index is 0.0913. The van der Waals surface area contributed by atoms with Gasteiger partial charge in [0.1, 0.15) is 0 Å². The van der Waals surface area contributed by atoms with Gasteiger partial charge in [0.15, 0.2) is 0 Å². The molecular weight excluding hydrogens is 340 g/mol. The predicted molar refractivity (Wildman–Crippen MR) is 107 cm³/mol. The van der Waals surface area contributed by atoms with Gasteiger partial charge in [0.25, 0.3) is 5.56 Å². The third kappa shape index (κ3) is 5.42. The van der Waals surface area contributed by atoms with Gasteiger partial charge >= 0.3 is 0 Å². The van der Waals surface area contributed by atoms with Crippen LogP contribution in [-0.2, 0) is 11.3 Å². The van der Waals surface area contributed by atoms with E-state index in [2.05, 4.69) is 22.2 Å². The molecule has 144 valence electrons. The quantitative estimate of drug-likeness (QED) is 0.816. The Morgan fingerprint density at radius 2 is 1.96 bits per heavy atom. The Hall–Kier alpha value is -2.63.